The van der Waals surface area contributed by atoms with Gasteiger partial charge in [0.2, 0.25) is 5.91 Å². The summed E-state index contributed by atoms with van der Waals surface area (Å²) in [6.07, 6.45) is 3.24. The van der Waals surface area contributed by atoms with E-state index in [2.05, 4.69) is 4.90 Å². The van der Waals surface area contributed by atoms with Gasteiger partial charge < -0.3 is 10.0 Å². The van der Waals surface area contributed by atoms with Crippen molar-refractivity contribution < 1.29 is 9.90 Å². The number of nitrogens with zero attached hydrogens (tertiary/aromatic N) is 2. The lowest BCUT2D eigenvalue weighted by Crippen LogP contribution is -2.47. The highest BCUT2D eigenvalue weighted by molar-refractivity contribution is 5.94. The average molecular weight is 262 g/mol. The van der Waals surface area contributed by atoms with Crippen LogP contribution in [-0.4, -0.2) is 48.7 Å². The van der Waals surface area contributed by atoms with E-state index in [1.165, 1.54) is 0 Å². The van der Waals surface area contributed by atoms with Crippen LogP contribution in [-0.2, 0) is 4.79 Å². The molecule has 19 heavy (non-hydrogen) atoms. The maximum Gasteiger partial charge on any atom is 0.240 e. The van der Waals surface area contributed by atoms with Crippen molar-refractivity contribution in [1.29, 1.82) is 0 Å². The van der Waals surface area contributed by atoms with Gasteiger partial charge in [-0.15, -0.1) is 0 Å². The molecule has 1 atom stereocenters. The maximum absolute atomic E-state index is 12.3. The number of anilines is 1. The first-order valence-corrected chi connectivity index (χ1v) is 6.89. The molecule has 1 fully saturated rings. The van der Waals surface area contributed by atoms with Gasteiger partial charge in [-0.05, 0) is 31.5 Å². The molecular formula is C15H22N2O2. The molecule has 1 aliphatic heterocycles. The molecule has 0 spiro atoms. The largest absolute Gasteiger partial charge is 0.395 e. The summed E-state index contributed by atoms with van der Waals surface area (Å²) in [6, 6.07) is 9.79. The van der Waals surface area contributed by atoms with Crippen LogP contribution < -0.4 is 4.90 Å². The van der Waals surface area contributed by atoms with Crippen molar-refractivity contribution >= 4 is 11.6 Å². The molecular weight excluding hydrogens is 240 g/mol. The van der Waals surface area contributed by atoms with Crippen molar-refractivity contribution in [3.05, 3.63) is 30.3 Å². The Balaban J connectivity index is 1.96. The molecule has 2 rings (SSSR count). The molecule has 4 heteroatoms. The van der Waals surface area contributed by atoms with Gasteiger partial charge in [-0.25, -0.2) is 0 Å². The quantitative estimate of drug-likeness (QED) is 0.894. The summed E-state index contributed by atoms with van der Waals surface area (Å²) < 4.78 is 0. The molecule has 0 saturated carbocycles. The van der Waals surface area contributed by atoms with Gasteiger partial charge in [-0.2, -0.15) is 0 Å². The summed E-state index contributed by atoms with van der Waals surface area (Å²) in [5.41, 5.74) is 0.907. The highest BCUT2D eigenvalue weighted by Crippen LogP contribution is 2.17. The van der Waals surface area contributed by atoms with Gasteiger partial charge in [0, 0.05) is 18.8 Å². The standard InChI is InChI=1S/C15H22N2O2/c1-16(13-7-3-2-4-8-13)15(19)11-17-10-6-5-9-14(17)12-18/h2-4,7-8,14,18H,5-6,9-12H2,1H3/t14-/m1/s1. The third kappa shape index (κ3) is 3.55. The fraction of sp³-hybridized carbons (Fsp3) is 0.533. The second-order valence-corrected chi connectivity index (χ2v) is 5.09. The number of rotatable bonds is 4. The van der Waals surface area contributed by atoms with E-state index in [1.807, 2.05) is 30.3 Å². The van der Waals surface area contributed by atoms with Crippen LogP contribution in [0.2, 0.25) is 0 Å². The number of hydrogen-bond acceptors (Lipinski definition) is 3. The molecule has 0 aromatic heterocycles. The number of carbonyl (C=O) groups is 1. The Morgan fingerprint density at radius 2 is 2.11 bits per heavy atom. The summed E-state index contributed by atoms with van der Waals surface area (Å²) in [6.45, 7) is 1.43. The van der Waals surface area contributed by atoms with E-state index in [0.717, 1.165) is 31.5 Å². The minimum absolute atomic E-state index is 0.0755. The van der Waals surface area contributed by atoms with Crippen molar-refractivity contribution in [2.75, 3.05) is 31.6 Å². The maximum atomic E-state index is 12.3. The number of aliphatic hydroxyl groups excluding tert-OH is 1. The fourth-order valence-electron chi connectivity index (χ4n) is 2.55. The summed E-state index contributed by atoms with van der Waals surface area (Å²) in [4.78, 5) is 16.1. The highest BCUT2D eigenvalue weighted by atomic mass is 16.3. The average Bonchev–Trinajstić information content (AvgIpc) is 2.48. The molecule has 1 aromatic carbocycles. The lowest BCUT2D eigenvalue weighted by Gasteiger charge is -2.34. The Bertz CT molecular complexity index is 408. The first kappa shape index (κ1) is 14.0. The normalized spacial score (nSPS) is 20.2. The number of aliphatic hydroxyl groups is 1. The van der Waals surface area contributed by atoms with Gasteiger partial charge in [-0.1, -0.05) is 24.6 Å². The van der Waals surface area contributed by atoms with Gasteiger partial charge in [0.15, 0.2) is 0 Å². The van der Waals surface area contributed by atoms with Crippen molar-refractivity contribution in [3.63, 3.8) is 0 Å². The van der Waals surface area contributed by atoms with E-state index in [0.29, 0.717) is 6.54 Å². The van der Waals surface area contributed by atoms with E-state index in [-0.39, 0.29) is 18.6 Å². The first-order chi connectivity index (χ1) is 9.22. The second kappa shape index (κ2) is 6.68. The summed E-state index contributed by atoms with van der Waals surface area (Å²) in [7, 11) is 1.80. The predicted molar refractivity (Wildman–Crippen MR) is 76.1 cm³/mol. The topological polar surface area (TPSA) is 43.8 Å². The number of para-hydroxylation sites is 1. The van der Waals surface area contributed by atoms with Crippen molar-refractivity contribution in [2.24, 2.45) is 0 Å². The van der Waals surface area contributed by atoms with Crippen LogP contribution in [0.25, 0.3) is 0 Å². The number of likely N-dealkylation sites (tertiary alicyclic amines) is 1. The number of benzene rings is 1. The highest BCUT2D eigenvalue weighted by Gasteiger charge is 2.24. The smallest absolute Gasteiger partial charge is 0.240 e. The zero-order valence-corrected chi connectivity index (χ0v) is 11.5. The van der Waals surface area contributed by atoms with E-state index in [9.17, 15) is 9.90 Å². The molecule has 1 aliphatic rings. The van der Waals surface area contributed by atoms with Crippen molar-refractivity contribution in [2.45, 2.75) is 25.3 Å². The number of piperidine rings is 1. The molecule has 1 N–H and O–H groups in total. The Labute approximate surface area is 114 Å². The van der Waals surface area contributed by atoms with Crippen molar-refractivity contribution in [3.8, 4) is 0 Å². The summed E-state index contributed by atoms with van der Waals surface area (Å²) in [5, 5.41) is 9.36. The third-order valence-electron chi connectivity index (χ3n) is 3.82. The van der Waals surface area contributed by atoms with Gasteiger partial charge in [0.1, 0.15) is 0 Å². The second-order valence-electron chi connectivity index (χ2n) is 5.09. The van der Waals surface area contributed by atoms with Crippen LogP contribution in [0.15, 0.2) is 30.3 Å². The molecule has 4 nitrogen and oxygen atoms in total. The van der Waals surface area contributed by atoms with Crippen LogP contribution in [0.1, 0.15) is 19.3 Å². The lowest BCUT2D eigenvalue weighted by atomic mass is 10.0. The first-order valence-electron chi connectivity index (χ1n) is 6.89. The zero-order valence-electron chi connectivity index (χ0n) is 11.5. The van der Waals surface area contributed by atoms with Crippen LogP contribution in [0.4, 0.5) is 5.69 Å². The molecule has 0 bridgehead atoms. The third-order valence-corrected chi connectivity index (χ3v) is 3.82. The number of hydrogen-bond donors (Lipinski definition) is 1. The fourth-order valence-corrected chi connectivity index (χ4v) is 2.55. The van der Waals surface area contributed by atoms with Crippen LogP contribution >= 0.6 is 0 Å². The Morgan fingerprint density at radius 3 is 2.79 bits per heavy atom. The van der Waals surface area contributed by atoms with Crippen LogP contribution in [0.5, 0.6) is 0 Å². The Hall–Kier alpha value is -1.39. The molecule has 0 radical (unpaired) electrons. The predicted octanol–water partition coefficient (Wildman–Crippen LogP) is 1.50. The SMILES string of the molecule is CN(C(=O)CN1CCCC[C@@H]1CO)c1ccccc1. The Kier molecular flexibility index (Phi) is 4.93. The molecule has 1 amide bonds. The van der Waals surface area contributed by atoms with Crippen molar-refractivity contribution in [1.82, 2.24) is 4.90 Å². The van der Waals surface area contributed by atoms with E-state index in [4.69, 9.17) is 0 Å². The van der Waals surface area contributed by atoms with Crippen LogP contribution in [0, 0.1) is 0 Å². The molecule has 104 valence electrons. The van der Waals surface area contributed by atoms with E-state index in [1.54, 1.807) is 11.9 Å². The molecule has 1 heterocycles. The van der Waals surface area contributed by atoms with E-state index < -0.39 is 0 Å². The van der Waals surface area contributed by atoms with E-state index >= 15 is 0 Å². The summed E-state index contributed by atoms with van der Waals surface area (Å²) in [5.74, 6) is 0.0755. The van der Waals surface area contributed by atoms with Crippen LogP contribution in [0.3, 0.4) is 0 Å². The van der Waals surface area contributed by atoms with Gasteiger partial charge in [0.25, 0.3) is 0 Å². The number of amides is 1. The number of likely N-dealkylation sites (N-methyl/N-ethyl adjacent to an activating group) is 1. The molecule has 1 saturated heterocycles. The molecule has 1 aromatic rings. The number of carbonyl (C=O) groups excluding carboxylic acids is 1. The van der Waals surface area contributed by atoms with Gasteiger partial charge in [-0.3, -0.25) is 9.69 Å². The zero-order chi connectivity index (χ0) is 13.7. The molecule has 0 unspecified atom stereocenters. The minimum Gasteiger partial charge on any atom is -0.395 e. The Morgan fingerprint density at radius 1 is 1.37 bits per heavy atom. The lowest BCUT2D eigenvalue weighted by molar-refractivity contribution is -0.120. The summed E-state index contributed by atoms with van der Waals surface area (Å²) >= 11 is 0. The van der Waals surface area contributed by atoms with Gasteiger partial charge in [0.05, 0.1) is 13.2 Å². The molecule has 0 aliphatic carbocycles. The monoisotopic (exact) mass is 262 g/mol. The van der Waals surface area contributed by atoms with Gasteiger partial charge >= 0.3 is 0 Å². The minimum atomic E-state index is 0.0755.